The molecule has 2 aliphatic rings. The lowest BCUT2D eigenvalue weighted by atomic mass is 10.0. The fourth-order valence-corrected chi connectivity index (χ4v) is 2.81. The average molecular weight is 255 g/mol. The summed E-state index contributed by atoms with van der Waals surface area (Å²) in [6.07, 6.45) is 2.89. The summed E-state index contributed by atoms with van der Waals surface area (Å²) in [7, 11) is 0. The SMILES string of the molecule is O=C1Nc2cc(F)c(Cl)cc2NC2CCCC12. The van der Waals surface area contributed by atoms with Gasteiger partial charge in [0.15, 0.2) is 0 Å². The van der Waals surface area contributed by atoms with E-state index in [-0.39, 0.29) is 22.9 Å². The lowest BCUT2D eigenvalue weighted by Crippen LogP contribution is -2.30. The van der Waals surface area contributed by atoms with Crippen molar-refractivity contribution in [1.82, 2.24) is 0 Å². The van der Waals surface area contributed by atoms with Gasteiger partial charge in [0.1, 0.15) is 5.82 Å². The van der Waals surface area contributed by atoms with Crippen molar-refractivity contribution in [2.24, 2.45) is 5.92 Å². The largest absolute Gasteiger partial charge is 0.380 e. The number of fused-ring (bicyclic) bond motifs is 2. The number of amides is 1. The number of nitrogens with one attached hydrogen (secondary N) is 2. The van der Waals surface area contributed by atoms with Crippen LogP contribution >= 0.6 is 11.6 Å². The molecule has 0 radical (unpaired) electrons. The van der Waals surface area contributed by atoms with Crippen LogP contribution in [-0.4, -0.2) is 11.9 Å². The number of rotatable bonds is 0. The number of anilines is 2. The van der Waals surface area contributed by atoms with Crippen molar-refractivity contribution in [1.29, 1.82) is 0 Å². The molecule has 1 saturated carbocycles. The summed E-state index contributed by atoms with van der Waals surface area (Å²) in [5, 5.41) is 6.12. The highest BCUT2D eigenvalue weighted by molar-refractivity contribution is 6.31. The van der Waals surface area contributed by atoms with Crippen LogP contribution in [0.2, 0.25) is 5.02 Å². The van der Waals surface area contributed by atoms with E-state index in [1.54, 1.807) is 0 Å². The van der Waals surface area contributed by atoms with Crippen molar-refractivity contribution in [2.45, 2.75) is 25.3 Å². The summed E-state index contributed by atoms with van der Waals surface area (Å²) in [4.78, 5) is 11.9. The van der Waals surface area contributed by atoms with Crippen molar-refractivity contribution in [3.63, 3.8) is 0 Å². The predicted molar refractivity (Wildman–Crippen MR) is 64.8 cm³/mol. The zero-order valence-corrected chi connectivity index (χ0v) is 9.85. The number of carbonyl (C=O) groups is 1. The first kappa shape index (κ1) is 10.8. The molecule has 2 atom stereocenters. The maximum absolute atomic E-state index is 13.3. The van der Waals surface area contributed by atoms with E-state index in [0.717, 1.165) is 19.3 Å². The van der Waals surface area contributed by atoms with E-state index in [4.69, 9.17) is 11.6 Å². The molecule has 0 bridgehead atoms. The van der Waals surface area contributed by atoms with Crippen LogP contribution in [0.4, 0.5) is 15.8 Å². The smallest absolute Gasteiger partial charge is 0.229 e. The summed E-state index contributed by atoms with van der Waals surface area (Å²) in [6.45, 7) is 0. The second-order valence-corrected chi connectivity index (χ2v) is 5.00. The Morgan fingerprint density at radius 2 is 2.12 bits per heavy atom. The van der Waals surface area contributed by atoms with Gasteiger partial charge in [0.05, 0.1) is 22.3 Å². The number of benzene rings is 1. The number of halogens is 2. The second-order valence-electron chi connectivity index (χ2n) is 4.59. The number of carbonyl (C=O) groups excluding carboxylic acids is 1. The van der Waals surface area contributed by atoms with Gasteiger partial charge < -0.3 is 10.6 Å². The van der Waals surface area contributed by atoms with E-state index in [0.29, 0.717) is 11.4 Å². The third-order valence-corrected chi connectivity index (χ3v) is 3.80. The third-order valence-electron chi connectivity index (χ3n) is 3.51. The molecule has 1 heterocycles. The van der Waals surface area contributed by atoms with Crippen LogP contribution in [0.5, 0.6) is 0 Å². The molecule has 1 fully saturated rings. The highest BCUT2D eigenvalue weighted by atomic mass is 35.5. The Balaban J connectivity index is 2.04. The molecule has 5 heteroatoms. The summed E-state index contributed by atoms with van der Waals surface area (Å²) in [5.41, 5.74) is 1.19. The predicted octanol–water partition coefficient (Wildman–Crippen LogP) is 3.01. The highest BCUT2D eigenvalue weighted by Crippen LogP contribution is 2.37. The van der Waals surface area contributed by atoms with Crippen LogP contribution in [0.3, 0.4) is 0 Å². The maximum Gasteiger partial charge on any atom is 0.229 e. The Hall–Kier alpha value is -1.29. The van der Waals surface area contributed by atoms with Crippen LogP contribution in [-0.2, 0) is 4.79 Å². The van der Waals surface area contributed by atoms with Gasteiger partial charge in [-0.05, 0) is 18.9 Å². The summed E-state index contributed by atoms with van der Waals surface area (Å²) >= 11 is 5.75. The zero-order chi connectivity index (χ0) is 12.0. The van der Waals surface area contributed by atoms with Gasteiger partial charge in [-0.2, -0.15) is 0 Å². The fraction of sp³-hybridized carbons (Fsp3) is 0.417. The first-order valence-electron chi connectivity index (χ1n) is 5.71. The average Bonchev–Trinajstić information content (AvgIpc) is 2.69. The van der Waals surface area contributed by atoms with Crippen LogP contribution in [0.15, 0.2) is 12.1 Å². The minimum absolute atomic E-state index is 0.0239. The topological polar surface area (TPSA) is 41.1 Å². The van der Waals surface area contributed by atoms with Gasteiger partial charge in [-0.3, -0.25) is 4.79 Å². The standard InChI is InChI=1S/C12H12ClFN2O/c13-7-4-10-11(5-8(7)14)16-12(17)6-2-1-3-9(6)15-10/h4-6,9,15H,1-3H2,(H,16,17). The van der Waals surface area contributed by atoms with Crippen LogP contribution in [0, 0.1) is 11.7 Å². The first-order chi connectivity index (χ1) is 8.15. The molecule has 1 aliphatic heterocycles. The zero-order valence-electron chi connectivity index (χ0n) is 9.09. The Bertz CT molecular complexity index is 492. The van der Waals surface area contributed by atoms with Crippen LogP contribution < -0.4 is 10.6 Å². The maximum atomic E-state index is 13.3. The Kier molecular flexibility index (Phi) is 2.47. The van der Waals surface area contributed by atoms with E-state index in [2.05, 4.69) is 10.6 Å². The molecule has 1 amide bonds. The van der Waals surface area contributed by atoms with Crippen molar-refractivity contribution in [3.8, 4) is 0 Å². The lowest BCUT2D eigenvalue weighted by molar-refractivity contribution is -0.119. The van der Waals surface area contributed by atoms with E-state index in [9.17, 15) is 9.18 Å². The molecule has 2 unspecified atom stereocenters. The Morgan fingerprint density at radius 1 is 1.29 bits per heavy atom. The van der Waals surface area contributed by atoms with Gasteiger partial charge in [0.2, 0.25) is 5.91 Å². The molecule has 3 nitrogen and oxygen atoms in total. The van der Waals surface area contributed by atoms with Gasteiger partial charge >= 0.3 is 0 Å². The minimum Gasteiger partial charge on any atom is -0.380 e. The molecule has 17 heavy (non-hydrogen) atoms. The minimum atomic E-state index is -0.514. The second kappa shape index (κ2) is 3.88. The molecule has 1 aromatic rings. The molecule has 0 saturated heterocycles. The van der Waals surface area contributed by atoms with Crippen LogP contribution in [0.1, 0.15) is 19.3 Å². The van der Waals surface area contributed by atoms with Crippen molar-refractivity contribution in [2.75, 3.05) is 10.6 Å². The quantitative estimate of drug-likeness (QED) is 0.747. The Labute approximate surface area is 103 Å². The monoisotopic (exact) mass is 254 g/mol. The molecule has 3 rings (SSSR count). The molecule has 1 aromatic carbocycles. The van der Waals surface area contributed by atoms with E-state index < -0.39 is 5.82 Å². The summed E-state index contributed by atoms with van der Waals surface area (Å²) in [5.74, 6) is -0.565. The van der Waals surface area contributed by atoms with Crippen molar-refractivity contribution in [3.05, 3.63) is 23.0 Å². The molecule has 0 spiro atoms. The Morgan fingerprint density at radius 3 is 2.94 bits per heavy atom. The molecule has 1 aliphatic carbocycles. The molecule has 90 valence electrons. The van der Waals surface area contributed by atoms with Gasteiger partial charge in [-0.25, -0.2) is 4.39 Å². The van der Waals surface area contributed by atoms with Gasteiger partial charge in [0, 0.05) is 12.1 Å². The third kappa shape index (κ3) is 1.76. The van der Waals surface area contributed by atoms with Crippen LogP contribution in [0.25, 0.3) is 0 Å². The normalized spacial score (nSPS) is 26.6. The van der Waals surface area contributed by atoms with Crippen molar-refractivity contribution >= 4 is 28.9 Å². The first-order valence-corrected chi connectivity index (χ1v) is 6.09. The van der Waals surface area contributed by atoms with Crippen molar-refractivity contribution < 1.29 is 9.18 Å². The van der Waals surface area contributed by atoms with Gasteiger partial charge in [-0.15, -0.1) is 0 Å². The lowest BCUT2D eigenvalue weighted by Gasteiger charge is -2.16. The van der Waals surface area contributed by atoms with Gasteiger partial charge in [-0.1, -0.05) is 18.0 Å². The van der Waals surface area contributed by atoms with E-state index in [1.165, 1.54) is 12.1 Å². The molecular formula is C12H12ClFN2O. The molecular weight excluding hydrogens is 243 g/mol. The molecule has 0 aromatic heterocycles. The highest BCUT2D eigenvalue weighted by Gasteiger charge is 2.36. The summed E-state index contributed by atoms with van der Waals surface area (Å²) in [6, 6.07) is 2.94. The van der Waals surface area contributed by atoms with Gasteiger partial charge in [0.25, 0.3) is 0 Å². The van der Waals surface area contributed by atoms with E-state index in [1.807, 2.05) is 0 Å². The fourth-order valence-electron chi connectivity index (χ4n) is 2.64. The number of hydrogen-bond acceptors (Lipinski definition) is 2. The number of hydrogen-bond donors (Lipinski definition) is 2. The van der Waals surface area contributed by atoms with E-state index >= 15 is 0 Å². The molecule has 2 N–H and O–H groups in total. The summed E-state index contributed by atoms with van der Waals surface area (Å²) < 4.78 is 13.3.